The van der Waals surface area contributed by atoms with Crippen LogP contribution in [0.15, 0.2) is 42.5 Å². The molecule has 19 heavy (non-hydrogen) atoms. The molecule has 0 aromatic heterocycles. The number of nitrogens with one attached hydrogen (secondary N) is 1. The zero-order valence-corrected chi connectivity index (χ0v) is 10.7. The van der Waals surface area contributed by atoms with E-state index in [0.29, 0.717) is 13.3 Å². The lowest BCUT2D eigenvalue weighted by Gasteiger charge is -2.09. The molecule has 4 nitrogen and oxygen atoms in total. The minimum absolute atomic E-state index is 0.300. The second-order valence-corrected chi connectivity index (χ2v) is 4.23. The zero-order chi connectivity index (χ0) is 13.1. The lowest BCUT2D eigenvalue weighted by Crippen LogP contribution is -2.01. The van der Waals surface area contributed by atoms with Gasteiger partial charge in [0.15, 0.2) is 11.5 Å². The first-order valence-electron chi connectivity index (χ1n) is 6.12. The summed E-state index contributed by atoms with van der Waals surface area (Å²) in [6.45, 7) is 0.994. The molecule has 0 saturated heterocycles. The Kier molecular flexibility index (Phi) is 3.14. The van der Waals surface area contributed by atoms with Crippen molar-refractivity contribution in [1.29, 1.82) is 0 Å². The Bertz CT molecular complexity index is 566. The van der Waals surface area contributed by atoms with Crippen LogP contribution in [0.5, 0.6) is 17.2 Å². The van der Waals surface area contributed by atoms with E-state index in [4.69, 9.17) is 14.2 Å². The highest BCUT2D eigenvalue weighted by molar-refractivity contribution is 5.51. The fourth-order valence-electron chi connectivity index (χ4n) is 2.04. The average molecular weight is 257 g/mol. The number of hydrogen-bond donors (Lipinski definition) is 1. The van der Waals surface area contributed by atoms with Crippen molar-refractivity contribution in [3.63, 3.8) is 0 Å². The first-order valence-corrected chi connectivity index (χ1v) is 6.12. The van der Waals surface area contributed by atoms with Crippen LogP contribution in [0.4, 0.5) is 5.69 Å². The molecule has 1 heterocycles. The number of methoxy groups -OCH3 is 1. The van der Waals surface area contributed by atoms with E-state index in [0.717, 1.165) is 28.5 Å². The number of benzene rings is 2. The van der Waals surface area contributed by atoms with Crippen LogP contribution in [-0.4, -0.2) is 13.9 Å². The molecule has 0 fully saturated rings. The Hall–Kier alpha value is -2.36. The number of hydrogen-bond acceptors (Lipinski definition) is 4. The van der Waals surface area contributed by atoms with Crippen LogP contribution in [0.3, 0.4) is 0 Å². The smallest absolute Gasteiger partial charge is 0.231 e. The van der Waals surface area contributed by atoms with E-state index in [-0.39, 0.29) is 0 Å². The topological polar surface area (TPSA) is 39.7 Å². The van der Waals surface area contributed by atoms with Crippen molar-refractivity contribution in [3.05, 3.63) is 48.0 Å². The van der Waals surface area contributed by atoms with E-state index in [9.17, 15) is 0 Å². The molecule has 0 atom stereocenters. The molecule has 0 amide bonds. The molecule has 0 bridgehead atoms. The van der Waals surface area contributed by atoms with Crippen LogP contribution in [0, 0.1) is 0 Å². The molecule has 1 N–H and O–H groups in total. The highest BCUT2D eigenvalue weighted by Crippen LogP contribution is 2.35. The number of anilines is 1. The Morgan fingerprint density at radius 1 is 1.11 bits per heavy atom. The summed E-state index contributed by atoms with van der Waals surface area (Å²) in [7, 11) is 1.66. The summed E-state index contributed by atoms with van der Waals surface area (Å²) in [5, 5.41) is 3.35. The van der Waals surface area contributed by atoms with Gasteiger partial charge in [-0.25, -0.2) is 0 Å². The normalized spacial score (nSPS) is 12.3. The second kappa shape index (κ2) is 5.10. The highest BCUT2D eigenvalue weighted by Gasteiger charge is 2.16. The Balaban J connectivity index is 1.70. The van der Waals surface area contributed by atoms with Crippen LogP contribution in [-0.2, 0) is 6.54 Å². The Morgan fingerprint density at radius 3 is 2.74 bits per heavy atom. The van der Waals surface area contributed by atoms with E-state index >= 15 is 0 Å². The molecule has 3 rings (SSSR count). The molecule has 2 aromatic carbocycles. The quantitative estimate of drug-likeness (QED) is 0.913. The largest absolute Gasteiger partial charge is 0.497 e. The van der Waals surface area contributed by atoms with E-state index in [1.54, 1.807) is 7.11 Å². The first-order chi connectivity index (χ1) is 9.36. The number of fused-ring (bicyclic) bond motifs is 1. The van der Waals surface area contributed by atoms with Gasteiger partial charge in [0.05, 0.1) is 7.11 Å². The maximum Gasteiger partial charge on any atom is 0.231 e. The van der Waals surface area contributed by atoms with Crippen molar-refractivity contribution >= 4 is 5.69 Å². The SMILES string of the molecule is COc1ccc(NCc2cccc3c2OCO3)cc1. The van der Waals surface area contributed by atoms with E-state index in [1.807, 2.05) is 42.5 Å². The van der Waals surface area contributed by atoms with Gasteiger partial charge < -0.3 is 19.5 Å². The molecular formula is C15H15NO3. The van der Waals surface area contributed by atoms with Crippen molar-refractivity contribution in [1.82, 2.24) is 0 Å². The van der Waals surface area contributed by atoms with Gasteiger partial charge in [-0.3, -0.25) is 0 Å². The summed E-state index contributed by atoms with van der Waals surface area (Å²) in [6.07, 6.45) is 0. The summed E-state index contributed by atoms with van der Waals surface area (Å²) in [4.78, 5) is 0. The van der Waals surface area contributed by atoms with Crippen LogP contribution < -0.4 is 19.5 Å². The predicted molar refractivity (Wildman–Crippen MR) is 72.9 cm³/mol. The molecule has 98 valence electrons. The lowest BCUT2D eigenvalue weighted by molar-refractivity contribution is 0.173. The van der Waals surface area contributed by atoms with Gasteiger partial charge >= 0.3 is 0 Å². The molecule has 1 aliphatic heterocycles. The Labute approximate surface area is 111 Å². The number of ether oxygens (including phenoxy) is 3. The molecule has 0 unspecified atom stereocenters. The monoisotopic (exact) mass is 257 g/mol. The summed E-state index contributed by atoms with van der Waals surface area (Å²) in [5.41, 5.74) is 2.13. The maximum atomic E-state index is 5.47. The van der Waals surface area contributed by atoms with Gasteiger partial charge in [0.25, 0.3) is 0 Å². The third-order valence-corrected chi connectivity index (χ3v) is 3.05. The van der Waals surface area contributed by atoms with Crippen LogP contribution in [0.25, 0.3) is 0 Å². The third kappa shape index (κ3) is 2.42. The van der Waals surface area contributed by atoms with E-state index < -0.39 is 0 Å². The van der Waals surface area contributed by atoms with Gasteiger partial charge in [-0.1, -0.05) is 12.1 Å². The Morgan fingerprint density at radius 2 is 1.95 bits per heavy atom. The summed E-state index contributed by atoms with van der Waals surface area (Å²) < 4.78 is 16.0. The molecule has 4 heteroatoms. The lowest BCUT2D eigenvalue weighted by atomic mass is 10.2. The van der Waals surface area contributed by atoms with Gasteiger partial charge in [-0.2, -0.15) is 0 Å². The minimum Gasteiger partial charge on any atom is -0.497 e. The molecule has 0 spiro atoms. The number of rotatable bonds is 4. The first kappa shape index (κ1) is 11.7. The van der Waals surface area contributed by atoms with E-state index in [2.05, 4.69) is 5.32 Å². The molecule has 0 saturated carbocycles. The van der Waals surface area contributed by atoms with Crippen LogP contribution in [0.1, 0.15) is 5.56 Å². The average Bonchev–Trinajstić information content (AvgIpc) is 2.94. The van der Waals surface area contributed by atoms with Crippen molar-refractivity contribution in [2.24, 2.45) is 0 Å². The van der Waals surface area contributed by atoms with Gasteiger partial charge in [0.1, 0.15) is 5.75 Å². The summed E-state index contributed by atoms with van der Waals surface area (Å²) >= 11 is 0. The van der Waals surface area contributed by atoms with Gasteiger partial charge in [-0.05, 0) is 30.3 Å². The van der Waals surface area contributed by atoms with Crippen molar-refractivity contribution in [2.75, 3.05) is 19.2 Å². The molecular weight excluding hydrogens is 242 g/mol. The third-order valence-electron chi connectivity index (χ3n) is 3.05. The van der Waals surface area contributed by atoms with Gasteiger partial charge in [0.2, 0.25) is 6.79 Å². The van der Waals surface area contributed by atoms with E-state index in [1.165, 1.54) is 0 Å². The molecule has 2 aromatic rings. The zero-order valence-electron chi connectivity index (χ0n) is 10.7. The predicted octanol–water partition coefficient (Wildman–Crippen LogP) is 3.04. The molecule has 1 aliphatic rings. The summed E-state index contributed by atoms with van der Waals surface area (Å²) in [5.74, 6) is 2.50. The fraction of sp³-hybridized carbons (Fsp3) is 0.200. The van der Waals surface area contributed by atoms with Crippen molar-refractivity contribution in [3.8, 4) is 17.2 Å². The summed E-state index contributed by atoms with van der Waals surface area (Å²) in [6, 6.07) is 13.7. The number of para-hydroxylation sites is 1. The van der Waals surface area contributed by atoms with Crippen LogP contribution in [0.2, 0.25) is 0 Å². The molecule has 0 aliphatic carbocycles. The standard InChI is InChI=1S/C15H15NO3/c1-17-13-7-5-12(6-8-13)16-9-11-3-2-4-14-15(11)19-10-18-14/h2-8,16H,9-10H2,1H3. The van der Waals surface area contributed by atoms with Gasteiger partial charge in [-0.15, -0.1) is 0 Å². The van der Waals surface area contributed by atoms with Crippen molar-refractivity contribution < 1.29 is 14.2 Å². The second-order valence-electron chi connectivity index (χ2n) is 4.23. The molecule has 0 radical (unpaired) electrons. The highest BCUT2D eigenvalue weighted by atomic mass is 16.7. The van der Waals surface area contributed by atoms with Crippen molar-refractivity contribution in [2.45, 2.75) is 6.54 Å². The van der Waals surface area contributed by atoms with Gasteiger partial charge in [0, 0.05) is 17.8 Å². The minimum atomic E-state index is 0.300. The maximum absolute atomic E-state index is 5.47. The van der Waals surface area contributed by atoms with Crippen LogP contribution >= 0.6 is 0 Å². The fourth-order valence-corrected chi connectivity index (χ4v) is 2.04.